The molecule has 0 aromatic heterocycles. The number of aliphatic carboxylic acids is 1. The quantitative estimate of drug-likeness (QED) is 0.440. The molecule has 0 rings (SSSR count). The molecule has 0 saturated carbocycles. The number of carbonyl (C=O) groups is 1. The van der Waals surface area contributed by atoms with Crippen molar-refractivity contribution in [3.63, 3.8) is 0 Å². The summed E-state index contributed by atoms with van der Waals surface area (Å²) in [6.45, 7) is 3.88. The molecule has 1 atom stereocenters. The Balaban J connectivity index is -0.000000405. The van der Waals surface area contributed by atoms with Crippen LogP contribution in [0.15, 0.2) is 0 Å². The smallest absolute Gasteiger partial charge is 1.00 e. The molecule has 0 aliphatic heterocycles. The Morgan fingerprint density at radius 2 is 2.09 bits per heavy atom. The average molecular weight is 168 g/mol. The normalized spacial score (nSPS) is 11.8. The molecule has 0 fully saturated rings. The molecule has 0 spiro atoms. The van der Waals surface area contributed by atoms with Crippen LogP contribution in [0.3, 0.4) is 0 Å². The summed E-state index contributed by atoms with van der Waals surface area (Å²) >= 11 is 0. The predicted molar refractivity (Wildman–Crippen MR) is 42.1 cm³/mol. The fraction of sp³-hybridized carbons (Fsp3) is 0.875. The largest absolute Gasteiger partial charge is 1.00 e. The van der Waals surface area contributed by atoms with E-state index in [9.17, 15) is 4.79 Å². The van der Waals surface area contributed by atoms with Crippen molar-refractivity contribution >= 4 is 5.97 Å². The van der Waals surface area contributed by atoms with Crippen LogP contribution in [-0.4, -0.2) is 11.1 Å². The molecule has 0 amide bonds. The van der Waals surface area contributed by atoms with Gasteiger partial charge in [-0.25, -0.2) is 0 Å². The molecule has 0 aromatic carbocycles. The standard InChI is InChI=1S/C8H16O2.Na.H/c1-3-4-5-6-7(2)8(9)10;;/h7H,3-6H2,1-2H3,(H,9,10);;/q;+1;-1. The molecule has 1 N–H and O–H groups in total. The van der Waals surface area contributed by atoms with E-state index in [1.807, 2.05) is 0 Å². The first-order chi connectivity index (χ1) is 4.68. The summed E-state index contributed by atoms with van der Waals surface area (Å²) in [5, 5.41) is 8.48. The topological polar surface area (TPSA) is 37.3 Å². The van der Waals surface area contributed by atoms with Crippen LogP contribution in [0.4, 0.5) is 0 Å². The number of unbranched alkanes of at least 4 members (excludes halogenated alkanes) is 2. The van der Waals surface area contributed by atoms with Gasteiger partial charge in [-0.05, 0) is 6.42 Å². The van der Waals surface area contributed by atoms with Crippen molar-refractivity contribution < 1.29 is 40.9 Å². The van der Waals surface area contributed by atoms with Crippen LogP contribution in [0.25, 0.3) is 0 Å². The maximum Gasteiger partial charge on any atom is 1.00 e. The molecule has 1 unspecified atom stereocenters. The molecule has 3 heteroatoms. The van der Waals surface area contributed by atoms with E-state index in [4.69, 9.17) is 5.11 Å². The van der Waals surface area contributed by atoms with Crippen molar-refractivity contribution in [2.75, 3.05) is 0 Å². The Morgan fingerprint density at radius 1 is 1.55 bits per heavy atom. The summed E-state index contributed by atoms with van der Waals surface area (Å²) in [6.07, 6.45) is 4.18. The van der Waals surface area contributed by atoms with Gasteiger partial charge in [-0.2, -0.15) is 0 Å². The third kappa shape index (κ3) is 8.38. The molecule has 0 saturated heterocycles. The van der Waals surface area contributed by atoms with E-state index in [0.29, 0.717) is 0 Å². The van der Waals surface area contributed by atoms with Crippen LogP contribution in [-0.2, 0) is 4.79 Å². The molecule has 0 aliphatic rings. The van der Waals surface area contributed by atoms with Crippen LogP contribution in [0.2, 0.25) is 0 Å². The zero-order valence-corrected chi connectivity index (χ0v) is 9.76. The SMILES string of the molecule is CCCCCC(C)C(=O)O.[H-].[Na+]. The van der Waals surface area contributed by atoms with E-state index in [0.717, 1.165) is 25.7 Å². The molecule has 0 bridgehead atoms. The van der Waals surface area contributed by atoms with Gasteiger partial charge < -0.3 is 6.53 Å². The number of hydrogen-bond acceptors (Lipinski definition) is 1. The Labute approximate surface area is 92.1 Å². The first-order valence-corrected chi connectivity index (χ1v) is 3.91. The Kier molecular flexibility index (Phi) is 10.9. The minimum Gasteiger partial charge on any atom is -1.00 e. The molecule has 0 aliphatic carbocycles. The fourth-order valence-electron chi connectivity index (χ4n) is 0.824. The predicted octanol–water partition coefficient (Wildman–Crippen LogP) is -0.596. The zero-order chi connectivity index (χ0) is 7.98. The van der Waals surface area contributed by atoms with Crippen LogP contribution < -0.4 is 29.6 Å². The van der Waals surface area contributed by atoms with E-state index >= 15 is 0 Å². The number of carboxylic acids is 1. The van der Waals surface area contributed by atoms with Gasteiger partial charge in [0, 0.05) is 0 Å². The van der Waals surface area contributed by atoms with Crippen molar-refractivity contribution in [1.29, 1.82) is 0 Å². The van der Waals surface area contributed by atoms with Gasteiger partial charge in [0.2, 0.25) is 0 Å². The second-order valence-electron chi connectivity index (χ2n) is 2.74. The van der Waals surface area contributed by atoms with Gasteiger partial charge in [0.25, 0.3) is 0 Å². The second-order valence-corrected chi connectivity index (χ2v) is 2.74. The molecule has 11 heavy (non-hydrogen) atoms. The van der Waals surface area contributed by atoms with Crippen molar-refractivity contribution in [3.8, 4) is 0 Å². The maximum absolute atomic E-state index is 10.3. The first kappa shape index (κ1) is 14.0. The van der Waals surface area contributed by atoms with E-state index in [1.165, 1.54) is 0 Å². The summed E-state index contributed by atoms with van der Waals surface area (Å²) < 4.78 is 0. The van der Waals surface area contributed by atoms with Crippen molar-refractivity contribution in [2.45, 2.75) is 39.5 Å². The third-order valence-electron chi connectivity index (χ3n) is 1.66. The third-order valence-corrected chi connectivity index (χ3v) is 1.66. The van der Waals surface area contributed by atoms with Crippen molar-refractivity contribution in [2.24, 2.45) is 5.92 Å². The molecule has 0 heterocycles. The Bertz CT molecular complexity index is 109. The van der Waals surface area contributed by atoms with Gasteiger partial charge in [0.15, 0.2) is 0 Å². The van der Waals surface area contributed by atoms with Gasteiger partial charge in [-0.3, -0.25) is 4.79 Å². The molecule has 0 radical (unpaired) electrons. The number of hydrogen-bond donors (Lipinski definition) is 1. The Hall–Kier alpha value is 0.470. The van der Waals surface area contributed by atoms with Crippen molar-refractivity contribution in [3.05, 3.63) is 0 Å². The van der Waals surface area contributed by atoms with E-state index in [2.05, 4.69) is 6.92 Å². The molecule has 62 valence electrons. The van der Waals surface area contributed by atoms with Gasteiger partial charge >= 0.3 is 35.5 Å². The maximum atomic E-state index is 10.3. The van der Waals surface area contributed by atoms with E-state index < -0.39 is 5.97 Å². The fourth-order valence-corrected chi connectivity index (χ4v) is 0.824. The molecular formula is C8H17NaO2. The number of rotatable bonds is 5. The van der Waals surface area contributed by atoms with Crippen molar-refractivity contribution in [1.82, 2.24) is 0 Å². The Morgan fingerprint density at radius 3 is 2.45 bits per heavy atom. The van der Waals surface area contributed by atoms with Crippen LogP contribution in [0.5, 0.6) is 0 Å². The van der Waals surface area contributed by atoms with Crippen LogP contribution in [0, 0.1) is 5.92 Å². The van der Waals surface area contributed by atoms with Gasteiger partial charge in [-0.1, -0.05) is 33.1 Å². The van der Waals surface area contributed by atoms with E-state index in [1.54, 1.807) is 6.92 Å². The summed E-state index contributed by atoms with van der Waals surface area (Å²) in [5.74, 6) is -0.831. The zero-order valence-electron chi connectivity index (χ0n) is 8.76. The van der Waals surface area contributed by atoms with Gasteiger partial charge in [0.1, 0.15) is 0 Å². The minimum absolute atomic E-state index is 0. The minimum atomic E-state index is -0.670. The molecule has 2 nitrogen and oxygen atoms in total. The van der Waals surface area contributed by atoms with Gasteiger partial charge in [0.05, 0.1) is 5.92 Å². The summed E-state index contributed by atoms with van der Waals surface area (Å²) in [6, 6.07) is 0. The van der Waals surface area contributed by atoms with E-state index in [-0.39, 0.29) is 36.9 Å². The number of carboxylic acid groups (broad SMARTS) is 1. The monoisotopic (exact) mass is 168 g/mol. The van der Waals surface area contributed by atoms with Crippen LogP contribution >= 0.6 is 0 Å². The average Bonchev–Trinajstić information content (AvgIpc) is 1.88. The van der Waals surface area contributed by atoms with Gasteiger partial charge in [-0.15, -0.1) is 0 Å². The molecule has 0 aromatic rings. The summed E-state index contributed by atoms with van der Waals surface area (Å²) in [7, 11) is 0. The summed E-state index contributed by atoms with van der Waals surface area (Å²) in [5.41, 5.74) is 0. The summed E-state index contributed by atoms with van der Waals surface area (Å²) in [4.78, 5) is 10.3. The van der Waals surface area contributed by atoms with Crippen LogP contribution in [0.1, 0.15) is 41.0 Å². The second kappa shape index (κ2) is 8.57. The first-order valence-electron chi connectivity index (χ1n) is 3.91. The molecular weight excluding hydrogens is 151 g/mol.